The normalized spacial score (nSPS) is 10.6. The molecule has 0 aliphatic rings. The van der Waals surface area contributed by atoms with Crippen molar-refractivity contribution in [3.05, 3.63) is 94.6 Å². The second-order valence-corrected chi connectivity index (χ2v) is 7.35. The fraction of sp³-hybridized carbons (Fsp3) is 0.0435. The largest absolute Gasteiger partial charge is 0.497 e. The van der Waals surface area contributed by atoms with Gasteiger partial charge in [-0.05, 0) is 60.7 Å². The van der Waals surface area contributed by atoms with E-state index in [2.05, 4.69) is 10.4 Å². The van der Waals surface area contributed by atoms with Crippen LogP contribution in [0.1, 0.15) is 10.4 Å². The van der Waals surface area contributed by atoms with Crippen molar-refractivity contribution in [3.8, 4) is 22.7 Å². The van der Waals surface area contributed by atoms with Gasteiger partial charge in [0.15, 0.2) is 0 Å². The van der Waals surface area contributed by atoms with E-state index in [4.69, 9.17) is 27.9 Å². The molecule has 150 valence electrons. The molecule has 3 aromatic carbocycles. The van der Waals surface area contributed by atoms with Gasteiger partial charge < -0.3 is 10.1 Å². The highest BCUT2D eigenvalue weighted by atomic mass is 35.5. The lowest BCUT2D eigenvalue weighted by atomic mass is 10.1. The molecule has 7 heteroatoms. The van der Waals surface area contributed by atoms with Gasteiger partial charge in [0.2, 0.25) is 0 Å². The lowest BCUT2D eigenvalue weighted by molar-refractivity contribution is 0.102. The molecule has 0 fully saturated rings. The van der Waals surface area contributed by atoms with Gasteiger partial charge in [-0.3, -0.25) is 4.79 Å². The van der Waals surface area contributed by atoms with Gasteiger partial charge in [0.25, 0.3) is 5.91 Å². The maximum atomic E-state index is 12.5. The van der Waals surface area contributed by atoms with Crippen molar-refractivity contribution in [2.24, 2.45) is 0 Å². The zero-order valence-electron chi connectivity index (χ0n) is 16.0. The van der Waals surface area contributed by atoms with Crippen LogP contribution in [0.25, 0.3) is 16.9 Å². The summed E-state index contributed by atoms with van der Waals surface area (Å²) in [7, 11) is 1.64. The number of carbonyl (C=O) groups is 1. The van der Waals surface area contributed by atoms with Crippen LogP contribution in [0.15, 0.2) is 79.0 Å². The molecule has 1 amide bonds. The molecule has 0 spiro atoms. The number of amides is 1. The Morgan fingerprint density at radius 1 is 1.00 bits per heavy atom. The van der Waals surface area contributed by atoms with Gasteiger partial charge >= 0.3 is 0 Å². The predicted octanol–water partition coefficient (Wildman–Crippen LogP) is 6.11. The first-order chi connectivity index (χ1) is 14.5. The highest BCUT2D eigenvalue weighted by Crippen LogP contribution is 2.26. The first-order valence-electron chi connectivity index (χ1n) is 9.10. The van der Waals surface area contributed by atoms with Crippen LogP contribution in [-0.2, 0) is 0 Å². The average Bonchev–Trinajstić information content (AvgIpc) is 3.26. The molecular weight excluding hydrogens is 421 g/mol. The molecule has 1 aromatic heterocycles. The zero-order valence-corrected chi connectivity index (χ0v) is 17.5. The highest BCUT2D eigenvalue weighted by Gasteiger charge is 2.10. The lowest BCUT2D eigenvalue weighted by Crippen LogP contribution is -2.12. The van der Waals surface area contributed by atoms with Crippen molar-refractivity contribution in [2.75, 3.05) is 12.4 Å². The van der Waals surface area contributed by atoms with Gasteiger partial charge in [-0.25, -0.2) is 4.68 Å². The second-order valence-electron chi connectivity index (χ2n) is 6.50. The number of nitrogens with one attached hydrogen (secondary N) is 1. The van der Waals surface area contributed by atoms with Gasteiger partial charge in [0.1, 0.15) is 5.75 Å². The first kappa shape index (κ1) is 20.0. The van der Waals surface area contributed by atoms with Gasteiger partial charge in [-0.2, -0.15) is 5.10 Å². The molecule has 0 saturated carbocycles. The SMILES string of the molecule is COc1cccc(-c2ccn(-c3ccc(C(=O)Nc4ccc(Cl)cc4Cl)cc3)n2)c1. The fourth-order valence-electron chi connectivity index (χ4n) is 2.95. The summed E-state index contributed by atoms with van der Waals surface area (Å²) in [5.74, 6) is 0.515. The molecule has 30 heavy (non-hydrogen) atoms. The van der Waals surface area contributed by atoms with Crippen molar-refractivity contribution in [3.63, 3.8) is 0 Å². The van der Waals surface area contributed by atoms with Crippen LogP contribution < -0.4 is 10.1 Å². The third-order valence-corrected chi connectivity index (χ3v) is 5.08. The van der Waals surface area contributed by atoms with Crippen LogP contribution in [0.5, 0.6) is 5.75 Å². The van der Waals surface area contributed by atoms with Crippen LogP contribution in [0.4, 0.5) is 5.69 Å². The number of hydrogen-bond acceptors (Lipinski definition) is 3. The Bertz CT molecular complexity index is 1200. The summed E-state index contributed by atoms with van der Waals surface area (Å²) in [4.78, 5) is 12.5. The number of aromatic nitrogens is 2. The molecule has 0 unspecified atom stereocenters. The number of benzene rings is 3. The standard InChI is InChI=1S/C23H17Cl2N3O2/c1-30-19-4-2-3-16(13-19)21-11-12-28(27-21)18-8-5-15(6-9-18)23(29)26-22-10-7-17(24)14-20(22)25/h2-14H,1H3,(H,26,29). The monoisotopic (exact) mass is 437 g/mol. The van der Waals surface area contributed by atoms with Crippen molar-refractivity contribution in [1.82, 2.24) is 9.78 Å². The summed E-state index contributed by atoms with van der Waals surface area (Å²) >= 11 is 12.0. The number of carbonyl (C=O) groups excluding carboxylic acids is 1. The van der Waals surface area contributed by atoms with E-state index in [0.29, 0.717) is 21.3 Å². The third-order valence-electron chi connectivity index (χ3n) is 4.53. The van der Waals surface area contributed by atoms with E-state index in [9.17, 15) is 4.79 Å². The number of halogens is 2. The summed E-state index contributed by atoms with van der Waals surface area (Å²) in [5, 5.41) is 8.30. The summed E-state index contributed by atoms with van der Waals surface area (Å²) in [5.41, 5.74) is 3.64. The van der Waals surface area contributed by atoms with Crippen LogP contribution in [0.2, 0.25) is 10.0 Å². The van der Waals surface area contributed by atoms with E-state index in [1.54, 1.807) is 42.1 Å². The Labute approximate surface area is 183 Å². The third kappa shape index (κ3) is 4.32. The predicted molar refractivity (Wildman–Crippen MR) is 120 cm³/mol. The quantitative estimate of drug-likeness (QED) is 0.409. The average molecular weight is 438 g/mol. The lowest BCUT2D eigenvalue weighted by Gasteiger charge is -2.08. The summed E-state index contributed by atoms with van der Waals surface area (Å²) in [6, 6.07) is 21.7. The Morgan fingerprint density at radius 2 is 1.80 bits per heavy atom. The molecule has 0 bridgehead atoms. The van der Waals surface area contributed by atoms with Crippen LogP contribution >= 0.6 is 23.2 Å². The van der Waals surface area contributed by atoms with Crippen LogP contribution in [0.3, 0.4) is 0 Å². The number of anilines is 1. The van der Waals surface area contributed by atoms with E-state index in [-0.39, 0.29) is 5.91 Å². The van der Waals surface area contributed by atoms with E-state index < -0.39 is 0 Å². The van der Waals surface area contributed by atoms with E-state index >= 15 is 0 Å². The molecule has 4 rings (SSSR count). The molecule has 5 nitrogen and oxygen atoms in total. The fourth-order valence-corrected chi connectivity index (χ4v) is 3.41. The number of nitrogens with zero attached hydrogens (tertiary/aromatic N) is 2. The minimum absolute atomic E-state index is 0.261. The van der Waals surface area contributed by atoms with Crippen LogP contribution in [0, 0.1) is 0 Å². The second kappa shape index (κ2) is 8.61. The Morgan fingerprint density at radius 3 is 2.53 bits per heavy atom. The molecule has 0 aliphatic heterocycles. The van der Waals surface area contributed by atoms with Gasteiger partial charge in [0, 0.05) is 22.3 Å². The molecule has 0 atom stereocenters. The van der Waals surface area contributed by atoms with Gasteiger partial charge in [-0.1, -0.05) is 35.3 Å². The molecule has 1 N–H and O–H groups in total. The van der Waals surface area contributed by atoms with Crippen molar-refractivity contribution in [1.29, 1.82) is 0 Å². The minimum atomic E-state index is -0.261. The smallest absolute Gasteiger partial charge is 0.255 e. The summed E-state index contributed by atoms with van der Waals surface area (Å²) in [6.07, 6.45) is 1.87. The minimum Gasteiger partial charge on any atom is -0.497 e. The molecule has 1 heterocycles. The van der Waals surface area contributed by atoms with E-state index in [1.165, 1.54) is 0 Å². The van der Waals surface area contributed by atoms with Crippen molar-refractivity contribution >= 4 is 34.8 Å². The maximum absolute atomic E-state index is 12.5. The molecular formula is C23H17Cl2N3O2. The van der Waals surface area contributed by atoms with Gasteiger partial charge in [0.05, 0.1) is 29.2 Å². The topological polar surface area (TPSA) is 56.1 Å². The number of hydrogen-bond donors (Lipinski definition) is 1. The van der Waals surface area contributed by atoms with Crippen molar-refractivity contribution in [2.45, 2.75) is 0 Å². The first-order valence-corrected chi connectivity index (χ1v) is 9.86. The van der Waals surface area contributed by atoms with Crippen molar-refractivity contribution < 1.29 is 9.53 Å². The molecule has 0 saturated heterocycles. The van der Waals surface area contributed by atoms with E-state index in [0.717, 1.165) is 22.7 Å². The van der Waals surface area contributed by atoms with Gasteiger partial charge in [-0.15, -0.1) is 0 Å². The number of ether oxygens (including phenoxy) is 1. The van der Waals surface area contributed by atoms with E-state index in [1.807, 2.05) is 48.7 Å². The maximum Gasteiger partial charge on any atom is 0.255 e. The number of methoxy groups -OCH3 is 1. The summed E-state index contributed by atoms with van der Waals surface area (Å²) in [6.45, 7) is 0. The zero-order chi connectivity index (χ0) is 21.1. The Kier molecular flexibility index (Phi) is 5.74. The molecule has 0 aliphatic carbocycles. The Hall–Kier alpha value is -3.28. The highest BCUT2D eigenvalue weighted by molar-refractivity contribution is 6.36. The molecule has 4 aromatic rings. The summed E-state index contributed by atoms with van der Waals surface area (Å²) < 4.78 is 7.03. The Balaban J connectivity index is 1.51. The number of rotatable bonds is 5. The van der Waals surface area contributed by atoms with Crippen LogP contribution in [-0.4, -0.2) is 22.8 Å². The molecule has 0 radical (unpaired) electrons.